The summed E-state index contributed by atoms with van der Waals surface area (Å²) < 4.78 is 37.5. The summed E-state index contributed by atoms with van der Waals surface area (Å²) in [5.74, 6) is -2.34. The van der Waals surface area contributed by atoms with Crippen molar-refractivity contribution in [2.75, 3.05) is 19.6 Å². The summed E-state index contributed by atoms with van der Waals surface area (Å²) in [4.78, 5) is 22.1. The predicted molar refractivity (Wildman–Crippen MR) is 155 cm³/mol. The Morgan fingerprint density at radius 3 is 2.31 bits per heavy atom. The van der Waals surface area contributed by atoms with Crippen molar-refractivity contribution in [2.24, 2.45) is 0 Å². The Morgan fingerprint density at radius 1 is 1.12 bits per heavy atom. The average Bonchev–Trinajstić information content (AvgIpc) is 3.43. The zero-order valence-corrected chi connectivity index (χ0v) is 25.0. The second-order valence-corrected chi connectivity index (χ2v) is 11.4. The van der Waals surface area contributed by atoms with E-state index in [1.54, 1.807) is 11.3 Å². The molecule has 0 bridgehead atoms. The van der Waals surface area contributed by atoms with Gasteiger partial charge in [0.1, 0.15) is 15.8 Å². The SMILES string of the molecule is CCc1c(-c2nnc(-c3ccc(OC(C)C)c(Cl)c3)s2)cccc1C1CCN(CCC(=O)O)CC1.O=C(O)C(F)(F)F. The number of carbonyl (C=O) groups is 2. The minimum Gasteiger partial charge on any atom is -0.489 e. The first-order valence-electron chi connectivity index (χ1n) is 13.5. The first-order valence-corrected chi connectivity index (χ1v) is 14.7. The van der Waals surface area contributed by atoms with E-state index < -0.39 is 18.1 Å². The maximum atomic E-state index is 10.9. The predicted octanol–water partition coefficient (Wildman–Crippen LogP) is 7.16. The Labute approximate surface area is 251 Å². The molecule has 2 N–H and O–H groups in total. The van der Waals surface area contributed by atoms with Gasteiger partial charge in [0.05, 0.1) is 17.5 Å². The maximum absolute atomic E-state index is 10.9. The standard InChI is InChI=1S/C27H32ClN3O3S.C2HF3O2/c1-4-20-21(18-10-13-31(14-11-18)15-12-25(32)33)6-5-7-22(20)27-30-29-26(35-27)19-8-9-24(23(28)16-19)34-17(2)3;3-2(4,5)1(6)7/h5-9,16-18H,4,10-15H2,1-3H3,(H,32,33);(H,6,7). The van der Waals surface area contributed by atoms with Crippen molar-refractivity contribution in [3.05, 3.63) is 52.5 Å². The van der Waals surface area contributed by atoms with Crippen LogP contribution in [-0.2, 0) is 16.0 Å². The van der Waals surface area contributed by atoms with Crippen molar-refractivity contribution in [3.63, 3.8) is 0 Å². The van der Waals surface area contributed by atoms with Crippen molar-refractivity contribution in [1.29, 1.82) is 0 Å². The summed E-state index contributed by atoms with van der Waals surface area (Å²) >= 11 is 8.02. The molecule has 228 valence electrons. The summed E-state index contributed by atoms with van der Waals surface area (Å²) in [5.41, 5.74) is 4.79. The quantitative estimate of drug-likeness (QED) is 0.257. The van der Waals surface area contributed by atoms with Crippen LogP contribution in [0, 0.1) is 0 Å². The van der Waals surface area contributed by atoms with E-state index in [9.17, 15) is 18.0 Å². The lowest BCUT2D eigenvalue weighted by Crippen LogP contribution is -2.34. The number of hydrogen-bond donors (Lipinski definition) is 2. The lowest BCUT2D eigenvalue weighted by Gasteiger charge is -2.33. The van der Waals surface area contributed by atoms with Crippen LogP contribution in [-0.4, -0.2) is 69.2 Å². The van der Waals surface area contributed by atoms with Gasteiger partial charge in [-0.3, -0.25) is 4.79 Å². The molecule has 0 radical (unpaired) electrons. The number of nitrogens with zero attached hydrogens (tertiary/aromatic N) is 3. The summed E-state index contributed by atoms with van der Waals surface area (Å²) in [5, 5.41) is 27.4. The van der Waals surface area contributed by atoms with Gasteiger partial charge in [0, 0.05) is 17.7 Å². The number of aliphatic carboxylic acids is 2. The monoisotopic (exact) mass is 627 g/mol. The number of piperidine rings is 1. The van der Waals surface area contributed by atoms with Crippen LogP contribution in [0.5, 0.6) is 5.75 Å². The van der Waals surface area contributed by atoms with Crippen LogP contribution in [0.25, 0.3) is 21.1 Å². The van der Waals surface area contributed by atoms with E-state index in [0.29, 0.717) is 23.2 Å². The molecule has 2 aromatic carbocycles. The third-order valence-electron chi connectivity index (χ3n) is 6.67. The number of ether oxygens (including phenoxy) is 1. The van der Waals surface area contributed by atoms with Crippen LogP contribution in [0.15, 0.2) is 36.4 Å². The Hall–Kier alpha value is -3.22. The molecule has 0 unspecified atom stereocenters. The van der Waals surface area contributed by atoms with Gasteiger partial charge in [-0.25, -0.2) is 4.79 Å². The number of aromatic nitrogens is 2. The zero-order chi connectivity index (χ0) is 31.0. The number of halogens is 4. The van der Waals surface area contributed by atoms with E-state index in [-0.39, 0.29) is 12.5 Å². The van der Waals surface area contributed by atoms with Crippen LogP contribution in [0.1, 0.15) is 57.1 Å². The highest BCUT2D eigenvalue weighted by molar-refractivity contribution is 7.17. The molecule has 0 amide bonds. The summed E-state index contributed by atoms with van der Waals surface area (Å²) in [6.07, 6.45) is -1.81. The molecule has 0 saturated carbocycles. The minimum atomic E-state index is -5.08. The van der Waals surface area contributed by atoms with E-state index >= 15 is 0 Å². The largest absolute Gasteiger partial charge is 0.490 e. The number of rotatable bonds is 9. The second-order valence-electron chi connectivity index (χ2n) is 10.0. The summed E-state index contributed by atoms with van der Waals surface area (Å²) in [6, 6.07) is 12.3. The topological polar surface area (TPSA) is 113 Å². The first-order chi connectivity index (χ1) is 19.8. The third kappa shape index (κ3) is 9.14. The molecule has 8 nitrogen and oxygen atoms in total. The Kier molecular flexibility index (Phi) is 11.7. The molecule has 1 aliphatic rings. The zero-order valence-electron chi connectivity index (χ0n) is 23.4. The van der Waals surface area contributed by atoms with E-state index in [0.717, 1.165) is 53.5 Å². The second kappa shape index (κ2) is 14.8. The first kappa shape index (κ1) is 33.3. The molecule has 4 rings (SSSR count). The number of carboxylic acid groups (broad SMARTS) is 2. The van der Waals surface area contributed by atoms with E-state index in [2.05, 4.69) is 40.2 Å². The lowest BCUT2D eigenvalue weighted by molar-refractivity contribution is -0.192. The lowest BCUT2D eigenvalue weighted by atomic mass is 9.84. The highest BCUT2D eigenvalue weighted by Crippen LogP contribution is 2.39. The molecule has 1 fully saturated rings. The fraction of sp³-hybridized carbons (Fsp3) is 0.448. The normalized spacial score (nSPS) is 14.4. The minimum absolute atomic E-state index is 0.0585. The number of likely N-dealkylation sites (tertiary alicyclic amines) is 1. The highest BCUT2D eigenvalue weighted by atomic mass is 35.5. The molecule has 1 aromatic heterocycles. The molecule has 42 heavy (non-hydrogen) atoms. The van der Waals surface area contributed by atoms with Crippen LogP contribution in [0.4, 0.5) is 13.2 Å². The van der Waals surface area contributed by atoms with Gasteiger partial charge in [0.15, 0.2) is 0 Å². The average molecular weight is 628 g/mol. The Bertz CT molecular complexity index is 1370. The van der Waals surface area contributed by atoms with Gasteiger partial charge in [0.25, 0.3) is 0 Å². The van der Waals surface area contributed by atoms with Crippen LogP contribution in [0.3, 0.4) is 0 Å². The van der Waals surface area contributed by atoms with E-state index in [1.807, 2.05) is 32.0 Å². The van der Waals surface area contributed by atoms with Gasteiger partial charge >= 0.3 is 18.1 Å². The number of benzene rings is 2. The molecule has 1 saturated heterocycles. The van der Waals surface area contributed by atoms with Crippen molar-refractivity contribution in [2.45, 2.75) is 64.7 Å². The molecule has 0 atom stereocenters. The molecular formula is C29H33ClF3N3O5S. The Morgan fingerprint density at radius 2 is 1.76 bits per heavy atom. The van der Waals surface area contributed by atoms with Gasteiger partial charge in [0.2, 0.25) is 0 Å². The van der Waals surface area contributed by atoms with Gasteiger partial charge < -0.3 is 19.8 Å². The third-order valence-corrected chi connectivity index (χ3v) is 7.98. The van der Waals surface area contributed by atoms with Gasteiger partial charge in [-0.1, -0.05) is 48.1 Å². The van der Waals surface area contributed by atoms with Crippen molar-refractivity contribution < 1.29 is 37.7 Å². The number of alkyl halides is 3. The van der Waals surface area contributed by atoms with Crippen molar-refractivity contribution >= 4 is 34.9 Å². The van der Waals surface area contributed by atoms with Gasteiger partial charge in [-0.05, 0) is 81.4 Å². The maximum Gasteiger partial charge on any atom is 0.490 e. The molecular weight excluding hydrogens is 595 g/mol. The van der Waals surface area contributed by atoms with E-state index in [4.69, 9.17) is 31.3 Å². The molecule has 2 heterocycles. The molecule has 0 aliphatic carbocycles. The van der Waals surface area contributed by atoms with E-state index in [1.165, 1.54) is 11.1 Å². The smallest absolute Gasteiger partial charge is 0.489 e. The van der Waals surface area contributed by atoms with Crippen LogP contribution < -0.4 is 4.74 Å². The van der Waals surface area contributed by atoms with Crippen molar-refractivity contribution in [3.8, 4) is 26.9 Å². The fourth-order valence-electron chi connectivity index (χ4n) is 4.74. The van der Waals surface area contributed by atoms with Gasteiger partial charge in [-0.2, -0.15) is 13.2 Å². The Balaban J connectivity index is 0.000000616. The van der Waals surface area contributed by atoms with Crippen LogP contribution in [0.2, 0.25) is 5.02 Å². The molecule has 13 heteroatoms. The van der Waals surface area contributed by atoms with Gasteiger partial charge in [-0.15, -0.1) is 10.2 Å². The molecule has 1 aliphatic heterocycles. The summed E-state index contributed by atoms with van der Waals surface area (Å²) in [7, 11) is 0. The molecule has 0 spiro atoms. The molecule has 3 aromatic rings. The number of carboxylic acids is 2. The fourth-order valence-corrected chi connectivity index (χ4v) is 5.85. The van der Waals surface area contributed by atoms with Crippen LogP contribution >= 0.6 is 22.9 Å². The number of hydrogen-bond acceptors (Lipinski definition) is 7. The highest BCUT2D eigenvalue weighted by Gasteiger charge is 2.38. The van der Waals surface area contributed by atoms with Crippen molar-refractivity contribution in [1.82, 2.24) is 15.1 Å². The summed E-state index contributed by atoms with van der Waals surface area (Å²) in [6.45, 7) is 8.65.